The second kappa shape index (κ2) is 670. The lowest BCUT2D eigenvalue weighted by molar-refractivity contribution is 0.277. The van der Waals surface area contributed by atoms with Crippen molar-refractivity contribution < 1.29 is 35.4 Å². The summed E-state index contributed by atoms with van der Waals surface area (Å²) in [7, 11) is 7.25. The molecule has 0 aromatic carbocycles. The monoisotopic (exact) mass is 296 g/mol. The predicted molar refractivity (Wildman–Crippen MR) is 82.4 cm³/mol. The molecule has 0 saturated carbocycles. The fourth-order valence-electron chi connectivity index (χ4n) is 0. The van der Waals surface area contributed by atoms with Crippen LogP contribution in [0.3, 0.4) is 0 Å². The van der Waals surface area contributed by atoms with E-state index >= 15 is 0 Å². The molecule has 0 aliphatic rings. The third-order valence-electron chi connectivity index (χ3n) is 0. The van der Waals surface area contributed by atoms with Crippen molar-refractivity contribution in [2.24, 2.45) is 0 Å². The van der Waals surface area contributed by atoms with Crippen molar-refractivity contribution in [1.29, 1.82) is 0 Å². The summed E-state index contributed by atoms with van der Waals surface area (Å²) in [5, 5.41) is 43.1. The maximum atomic E-state index is 7.57. The van der Waals surface area contributed by atoms with Crippen LogP contribution in [0.5, 0.6) is 0 Å². The SMILES string of the molecule is CC.CCO.CCO.CO.CO.CO.CO.COC. The van der Waals surface area contributed by atoms with Gasteiger partial charge < -0.3 is 35.4 Å². The molecule has 19 heavy (non-hydrogen) atoms. The van der Waals surface area contributed by atoms with Crippen LogP contribution in [-0.4, -0.2) is 86.5 Å². The molecule has 0 aliphatic heterocycles. The zero-order chi connectivity index (χ0) is 18.1. The Labute approximate surface area is 120 Å². The first-order valence-electron chi connectivity index (χ1n) is 5.65. The second-order valence-corrected chi connectivity index (χ2v) is 1.04. The smallest absolute Gasteiger partial charge is 0.0402 e. The van der Waals surface area contributed by atoms with Gasteiger partial charge in [-0.15, -0.1) is 0 Å². The Morgan fingerprint density at radius 1 is 0.579 bits per heavy atom. The van der Waals surface area contributed by atoms with Gasteiger partial charge in [0.05, 0.1) is 0 Å². The van der Waals surface area contributed by atoms with Crippen molar-refractivity contribution in [2.75, 3.05) is 55.9 Å². The number of hydrogen-bond acceptors (Lipinski definition) is 7. The zero-order valence-electron chi connectivity index (χ0n) is 14.5. The minimum atomic E-state index is 0.250. The van der Waals surface area contributed by atoms with Crippen LogP contribution < -0.4 is 0 Å². The fourth-order valence-corrected chi connectivity index (χ4v) is 0. The van der Waals surface area contributed by atoms with Gasteiger partial charge in [0.15, 0.2) is 0 Å². The molecular weight excluding hydrogens is 256 g/mol. The van der Waals surface area contributed by atoms with Crippen molar-refractivity contribution in [1.82, 2.24) is 0 Å². The van der Waals surface area contributed by atoms with E-state index in [9.17, 15) is 0 Å². The van der Waals surface area contributed by atoms with E-state index in [1.807, 2.05) is 13.8 Å². The third-order valence-corrected chi connectivity index (χ3v) is 0. The second-order valence-electron chi connectivity index (χ2n) is 1.04. The highest BCUT2D eigenvalue weighted by molar-refractivity contribution is 3.84. The highest BCUT2D eigenvalue weighted by atomic mass is 16.4. The van der Waals surface area contributed by atoms with Crippen molar-refractivity contribution >= 4 is 0 Å². The van der Waals surface area contributed by atoms with Gasteiger partial charge in [0.2, 0.25) is 0 Å². The predicted octanol–water partition coefficient (Wildman–Crippen LogP) is -0.280. The molecule has 0 aromatic heterocycles. The molecule has 7 heteroatoms. The van der Waals surface area contributed by atoms with E-state index in [4.69, 9.17) is 30.6 Å². The van der Waals surface area contributed by atoms with Gasteiger partial charge in [-0.1, -0.05) is 13.8 Å². The summed E-state index contributed by atoms with van der Waals surface area (Å²) in [5.41, 5.74) is 0. The van der Waals surface area contributed by atoms with E-state index in [0.717, 1.165) is 28.4 Å². The molecule has 0 heterocycles. The lowest BCUT2D eigenvalue weighted by Gasteiger charge is -1.61. The molecule has 0 saturated heterocycles. The molecule has 7 nitrogen and oxygen atoms in total. The molecule has 0 spiro atoms. The average molecular weight is 296 g/mol. The maximum Gasteiger partial charge on any atom is 0.0402 e. The van der Waals surface area contributed by atoms with E-state index < -0.39 is 0 Å². The Morgan fingerprint density at radius 3 is 0.579 bits per heavy atom. The first-order chi connectivity index (χ1) is 9.24. The summed E-state index contributed by atoms with van der Waals surface area (Å²) in [6, 6.07) is 0. The van der Waals surface area contributed by atoms with E-state index in [0.29, 0.717) is 0 Å². The summed E-state index contributed by atoms with van der Waals surface area (Å²) >= 11 is 0. The Kier molecular flexibility index (Phi) is 1800. The Morgan fingerprint density at radius 2 is 0.579 bits per heavy atom. The molecular formula is C12H40O7. The molecule has 0 aromatic rings. The van der Waals surface area contributed by atoms with Gasteiger partial charge >= 0.3 is 0 Å². The summed E-state index contributed by atoms with van der Waals surface area (Å²) < 4.78 is 4.25. The van der Waals surface area contributed by atoms with Crippen LogP contribution in [0.15, 0.2) is 0 Å². The molecule has 0 atom stereocenters. The summed E-state index contributed by atoms with van der Waals surface area (Å²) in [4.78, 5) is 0. The number of aliphatic hydroxyl groups is 6. The Balaban J connectivity index is -0.0000000123. The van der Waals surface area contributed by atoms with Gasteiger partial charge in [0.1, 0.15) is 0 Å². The molecule has 0 rings (SSSR count). The molecule has 0 aliphatic carbocycles. The van der Waals surface area contributed by atoms with Crippen LogP contribution in [0.1, 0.15) is 27.7 Å². The van der Waals surface area contributed by atoms with E-state index in [1.165, 1.54) is 0 Å². The van der Waals surface area contributed by atoms with Gasteiger partial charge in [-0.05, 0) is 13.8 Å². The van der Waals surface area contributed by atoms with Crippen LogP contribution in [0, 0.1) is 0 Å². The van der Waals surface area contributed by atoms with Crippen LogP contribution in [0.25, 0.3) is 0 Å². The number of hydrogen-bond donors (Lipinski definition) is 6. The summed E-state index contributed by atoms with van der Waals surface area (Å²) in [6.07, 6.45) is 0. The topological polar surface area (TPSA) is 131 Å². The highest BCUT2D eigenvalue weighted by Crippen LogP contribution is 1.30. The number of methoxy groups -OCH3 is 1. The van der Waals surface area contributed by atoms with Gasteiger partial charge in [0.25, 0.3) is 0 Å². The quantitative estimate of drug-likeness (QED) is 0.362. The number of aliphatic hydroxyl groups excluding tert-OH is 6. The molecule has 6 N–H and O–H groups in total. The Bertz CT molecular complexity index is 22.8. The molecule has 0 unspecified atom stereocenters. The van der Waals surface area contributed by atoms with Gasteiger partial charge in [-0.25, -0.2) is 0 Å². The van der Waals surface area contributed by atoms with Gasteiger partial charge in [-0.2, -0.15) is 0 Å². The van der Waals surface area contributed by atoms with E-state index in [-0.39, 0.29) is 13.2 Å². The zero-order valence-corrected chi connectivity index (χ0v) is 14.5. The molecule has 0 radical (unpaired) electrons. The first kappa shape index (κ1) is 51.1. The third kappa shape index (κ3) is 55900. The molecule has 0 amide bonds. The van der Waals surface area contributed by atoms with E-state index in [1.54, 1.807) is 28.1 Å². The Hall–Kier alpha value is -0.280. The molecule has 0 fully saturated rings. The number of ether oxygens (including phenoxy) is 1. The lowest BCUT2D eigenvalue weighted by atomic mass is 10.9. The van der Waals surface area contributed by atoms with Crippen LogP contribution >= 0.6 is 0 Å². The van der Waals surface area contributed by atoms with Crippen LogP contribution in [-0.2, 0) is 4.74 Å². The standard InChI is InChI=1S/3C2H6O.C2H6.4CH4O/c1-3-2;2*1-2-3;5*1-2/h1-2H3;2*3H,2H2,1H3;1-2H3;4*2H,1H3. The number of rotatable bonds is 0. The van der Waals surface area contributed by atoms with Crippen molar-refractivity contribution in [2.45, 2.75) is 27.7 Å². The summed E-state index contributed by atoms with van der Waals surface area (Å²) in [6.45, 7) is 7.86. The first-order valence-corrected chi connectivity index (χ1v) is 5.65. The van der Waals surface area contributed by atoms with Crippen LogP contribution in [0.4, 0.5) is 0 Å². The molecule has 130 valence electrons. The van der Waals surface area contributed by atoms with Crippen LogP contribution in [0.2, 0.25) is 0 Å². The van der Waals surface area contributed by atoms with Crippen molar-refractivity contribution in [3.63, 3.8) is 0 Å². The normalized spacial score (nSPS) is 4.42. The average Bonchev–Trinajstić information content (AvgIpc) is 2.51. The molecule has 0 bridgehead atoms. The summed E-state index contributed by atoms with van der Waals surface area (Å²) in [5.74, 6) is 0. The van der Waals surface area contributed by atoms with Gasteiger partial charge in [-0.3, -0.25) is 0 Å². The highest BCUT2D eigenvalue weighted by Gasteiger charge is 1.34. The van der Waals surface area contributed by atoms with E-state index in [2.05, 4.69) is 4.74 Å². The fraction of sp³-hybridized carbons (Fsp3) is 1.00. The lowest BCUT2D eigenvalue weighted by Crippen LogP contribution is -1.57. The maximum absolute atomic E-state index is 7.57. The van der Waals surface area contributed by atoms with Crippen molar-refractivity contribution in [3.8, 4) is 0 Å². The minimum absolute atomic E-state index is 0.250. The minimum Gasteiger partial charge on any atom is -0.400 e. The largest absolute Gasteiger partial charge is 0.400 e. The van der Waals surface area contributed by atoms with Crippen molar-refractivity contribution in [3.05, 3.63) is 0 Å². The van der Waals surface area contributed by atoms with Gasteiger partial charge in [0, 0.05) is 55.9 Å².